The van der Waals surface area contributed by atoms with Crippen LogP contribution < -0.4 is 32.7 Å². The fraction of sp³-hybridized carbons (Fsp3) is 0.650. The Morgan fingerprint density at radius 1 is 0.754 bits per heavy atom. The van der Waals surface area contributed by atoms with Gasteiger partial charge in [0.2, 0.25) is 41.4 Å². The molecule has 3 rings (SSSR count). The van der Waals surface area contributed by atoms with E-state index in [9.17, 15) is 43.5 Å². The number of carbonyl (C=O) groups is 8. The molecule has 0 unspecified atom stereocenters. The SMILES string of the molecule is CC[C@H](C)[C@H](NC(=O)[C@H](Cc1ccccc1)NC(=O)[C@@H]1CCCN1C(=O)[C@H](CC(N)=O)NC(=O)[C@@H](N)C(C)C)C(=O)N[C@@H](CC(C)C)C(=O)N1CCC[C@H]1C(=O)O. The maximum absolute atomic E-state index is 14.2. The number of carboxylic acid groups (broad SMARTS) is 1. The van der Waals surface area contributed by atoms with Gasteiger partial charge < -0.3 is 47.6 Å². The molecule has 2 aliphatic rings. The van der Waals surface area contributed by atoms with Gasteiger partial charge in [-0.1, -0.05) is 78.3 Å². The van der Waals surface area contributed by atoms with Crippen LogP contribution in [-0.2, 0) is 44.8 Å². The van der Waals surface area contributed by atoms with Crippen LogP contribution in [-0.4, -0.2) is 118 Å². The Morgan fingerprint density at radius 2 is 1.32 bits per heavy atom. The standard InChI is InChI=1S/C40H62N8O9/c1-7-24(6)33(37(53)45-27(19-22(2)3)38(54)48-18-12-16-30(48)40(56)57)46-34(50)26(20-25-13-9-8-10-14-25)43-35(51)29-15-11-17-47(29)39(55)28(21-31(41)49)44-36(52)32(42)23(4)5/h8-10,13-14,22-24,26-30,32-33H,7,11-12,15-21,42H2,1-6H3,(H2,41,49)(H,43,51)(H,44,52)(H,45,53)(H,46,50)(H,56,57)/t24-,26-,27-,28-,29-,30-,32-,33-/m0/s1. The van der Waals surface area contributed by atoms with Crippen molar-refractivity contribution in [3.05, 3.63) is 35.9 Å². The molecular weight excluding hydrogens is 736 g/mol. The largest absolute Gasteiger partial charge is 0.480 e. The van der Waals surface area contributed by atoms with E-state index in [0.29, 0.717) is 31.2 Å². The number of carbonyl (C=O) groups excluding carboxylic acids is 7. The lowest BCUT2D eigenvalue weighted by molar-refractivity contribution is -0.149. The summed E-state index contributed by atoms with van der Waals surface area (Å²) in [5.41, 5.74) is 12.1. The van der Waals surface area contributed by atoms with Gasteiger partial charge >= 0.3 is 5.97 Å². The second-order valence-electron chi connectivity index (χ2n) is 16.0. The predicted octanol–water partition coefficient (Wildman–Crippen LogP) is 0.186. The highest BCUT2D eigenvalue weighted by atomic mass is 16.4. The van der Waals surface area contributed by atoms with Crippen LogP contribution in [0.3, 0.4) is 0 Å². The van der Waals surface area contributed by atoms with E-state index in [1.54, 1.807) is 51.1 Å². The van der Waals surface area contributed by atoms with Crippen molar-refractivity contribution in [3.63, 3.8) is 0 Å². The fourth-order valence-corrected chi connectivity index (χ4v) is 7.20. The Balaban J connectivity index is 1.86. The van der Waals surface area contributed by atoms with Crippen molar-refractivity contribution in [1.82, 2.24) is 31.1 Å². The first-order valence-corrected chi connectivity index (χ1v) is 20.0. The maximum Gasteiger partial charge on any atom is 0.326 e. The Morgan fingerprint density at radius 3 is 1.86 bits per heavy atom. The number of likely N-dealkylation sites (tertiary alicyclic amines) is 2. The number of amides is 7. The van der Waals surface area contributed by atoms with Gasteiger partial charge in [0.15, 0.2) is 0 Å². The van der Waals surface area contributed by atoms with Crippen LogP contribution in [0, 0.1) is 17.8 Å². The van der Waals surface area contributed by atoms with Crippen molar-refractivity contribution in [1.29, 1.82) is 0 Å². The minimum Gasteiger partial charge on any atom is -0.480 e. The zero-order valence-corrected chi connectivity index (χ0v) is 34.0. The molecule has 316 valence electrons. The van der Waals surface area contributed by atoms with Gasteiger partial charge in [-0.05, 0) is 55.4 Å². The topological polar surface area (TPSA) is 263 Å². The van der Waals surface area contributed by atoms with E-state index in [1.165, 1.54) is 9.80 Å². The van der Waals surface area contributed by atoms with Crippen LogP contribution in [0.1, 0.15) is 92.1 Å². The quantitative estimate of drug-likeness (QED) is 0.0942. The number of benzene rings is 1. The molecule has 9 N–H and O–H groups in total. The summed E-state index contributed by atoms with van der Waals surface area (Å²) in [6.45, 7) is 11.2. The number of nitrogens with one attached hydrogen (secondary N) is 4. The Kier molecular flexibility index (Phi) is 17.4. The van der Waals surface area contributed by atoms with E-state index >= 15 is 0 Å². The molecule has 1 aromatic carbocycles. The second-order valence-corrected chi connectivity index (χ2v) is 16.0. The van der Waals surface area contributed by atoms with Crippen molar-refractivity contribution < 1.29 is 43.5 Å². The molecule has 0 spiro atoms. The van der Waals surface area contributed by atoms with Gasteiger partial charge in [0, 0.05) is 19.5 Å². The molecule has 2 saturated heterocycles. The lowest BCUT2D eigenvalue weighted by Gasteiger charge is -2.32. The summed E-state index contributed by atoms with van der Waals surface area (Å²) in [6.07, 6.45) is 1.73. The zero-order chi connectivity index (χ0) is 42.6. The molecule has 7 amide bonds. The monoisotopic (exact) mass is 798 g/mol. The van der Waals surface area contributed by atoms with Gasteiger partial charge in [-0.3, -0.25) is 33.6 Å². The van der Waals surface area contributed by atoms with Crippen molar-refractivity contribution >= 4 is 47.3 Å². The summed E-state index contributed by atoms with van der Waals surface area (Å²) >= 11 is 0. The van der Waals surface area contributed by atoms with E-state index in [4.69, 9.17) is 11.5 Å². The molecular formula is C40H62N8O9. The summed E-state index contributed by atoms with van der Waals surface area (Å²) in [4.78, 5) is 109. The number of aliphatic carboxylic acids is 1. The molecule has 57 heavy (non-hydrogen) atoms. The van der Waals surface area contributed by atoms with E-state index in [2.05, 4.69) is 21.3 Å². The number of nitrogens with two attached hydrogens (primary N) is 2. The summed E-state index contributed by atoms with van der Waals surface area (Å²) in [6, 6.07) is 1.18. The second kappa shape index (κ2) is 21.5. The lowest BCUT2D eigenvalue weighted by Crippen LogP contribution is -2.61. The number of primary amides is 1. The Labute approximate surface area is 334 Å². The van der Waals surface area contributed by atoms with Gasteiger partial charge in [-0.25, -0.2) is 4.79 Å². The molecule has 17 heteroatoms. The molecule has 0 radical (unpaired) electrons. The van der Waals surface area contributed by atoms with Crippen LogP contribution in [0.4, 0.5) is 0 Å². The fourth-order valence-electron chi connectivity index (χ4n) is 7.20. The van der Waals surface area contributed by atoms with Crippen LogP contribution in [0.2, 0.25) is 0 Å². The normalized spacial score (nSPS) is 19.9. The first-order valence-electron chi connectivity index (χ1n) is 20.0. The summed E-state index contributed by atoms with van der Waals surface area (Å²) in [5.74, 6) is -6.45. The molecule has 0 aliphatic carbocycles. The van der Waals surface area contributed by atoms with Gasteiger partial charge in [-0.2, -0.15) is 0 Å². The highest BCUT2D eigenvalue weighted by Crippen LogP contribution is 2.22. The zero-order valence-electron chi connectivity index (χ0n) is 34.0. The Hall–Kier alpha value is -5.06. The van der Waals surface area contributed by atoms with Gasteiger partial charge in [0.1, 0.15) is 36.3 Å². The van der Waals surface area contributed by atoms with Crippen molar-refractivity contribution in [2.45, 2.75) is 135 Å². The Bertz CT molecular complexity index is 1610. The molecule has 8 atom stereocenters. The number of hydrogen-bond acceptors (Lipinski definition) is 9. The molecule has 0 saturated carbocycles. The number of nitrogens with zero attached hydrogens (tertiary/aromatic N) is 2. The molecule has 1 aromatic rings. The van der Waals surface area contributed by atoms with Gasteiger partial charge in [0.05, 0.1) is 12.5 Å². The van der Waals surface area contributed by atoms with Crippen molar-refractivity contribution in [2.24, 2.45) is 29.2 Å². The number of hydrogen-bond donors (Lipinski definition) is 7. The van der Waals surface area contributed by atoms with E-state index in [1.807, 2.05) is 20.8 Å². The molecule has 2 fully saturated rings. The third-order valence-corrected chi connectivity index (χ3v) is 10.7. The summed E-state index contributed by atoms with van der Waals surface area (Å²) in [7, 11) is 0. The van der Waals surface area contributed by atoms with Crippen LogP contribution in [0.25, 0.3) is 0 Å². The molecule has 0 aromatic heterocycles. The highest BCUT2D eigenvalue weighted by molar-refractivity contribution is 5.98. The van der Waals surface area contributed by atoms with Gasteiger partial charge in [-0.15, -0.1) is 0 Å². The smallest absolute Gasteiger partial charge is 0.326 e. The minimum absolute atomic E-state index is 0.0291. The van der Waals surface area contributed by atoms with E-state index in [0.717, 1.165) is 0 Å². The lowest BCUT2D eigenvalue weighted by atomic mass is 9.95. The minimum atomic E-state index is -1.36. The van der Waals surface area contributed by atoms with Crippen molar-refractivity contribution in [2.75, 3.05) is 13.1 Å². The highest BCUT2D eigenvalue weighted by Gasteiger charge is 2.42. The van der Waals surface area contributed by atoms with E-state index in [-0.39, 0.29) is 44.2 Å². The first-order chi connectivity index (χ1) is 26.9. The molecule has 2 heterocycles. The maximum atomic E-state index is 14.2. The average molecular weight is 799 g/mol. The predicted molar refractivity (Wildman–Crippen MR) is 211 cm³/mol. The van der Waals surface area contributed by atoms with E-state index < -0.39 is 102 Å². The third kappa shape index (κ3) is 13.0. The summed E-state index contributed by atoms with van der Waals surface area (Å²) in [5, 5.41) is 20.6. The number of rotatable bonds is 20. The van der Waals surface area contributed by atoms with Crippen LogP contribution >= 0.6 is 0 Å². The summed E-state index contributed by atoms with van der Waals surface area (Å²) < 4.78 is 0. The molecule has 0 bridgehead atoms. The van der Waals surface area contributed by atoms with Gasteiger partial charge in [0.25, 0.3) is 0 Å². The van der Waals surface area contributed by atoms with Crippen LogP contribution in [0.5, 0.6) is 0 Å². The first kappa shape index (κ1) is 46.3. The third-order valence-electron chi connectivity index (χ3n) is 10.7. The molecule has 2 aliphatic heterocycles. The average Bonchev–Trinajstić information content (AvgIpc) is 3.86. The van der Waals surface area contributed by atoms with Crippen LogP contribution in [0.15, 0.2) is 30.3 Å². The van der Waals surface area contributed by atoms with Crippen molar-refractivity contribution in [3.8, 4) is 0 Å². The molecule has 17 nitrogen and oxygen atoms in total. The number of carboxylic acids is 1.